The van der Waals surface area contributed by atoms with Crippen LogP contribution in [-0.2, 0) is 0 Å². The summed E-state index contributed by atoms with van der Waals surface area (Å²) in [5.74, 6) is 29.7. The van der Waals surface area contributed by atoms with Gasteiger partial charge in [0.15, 0.2) is 0 Å². The Kier molecular flexibility index (Phi) is 13.0. The maximum absolute atomic E-state index is 2.97. The zero-order chi connectivity index (χ0) is 13.3. The Hall–Kier alpha value is -2.20. The monoisotopic (exact) mass is 234 g/mol. The lowest BCUT2D eigenvalue weighted by Crippen LogP contribution is -1.65. The van der Waals surface area contributed by atoms with Gasteiger partial charge in [0.05, 0.1) is 25.7 Å². The molecule has 0 N–H and O–H groups in total. The van der Waals surface area contributed by atoms with Gasteiger partial charge < -0.3 is 0 Å². The molecule has 0 aromatic heterocycles. The molecule has 0 fully saturated rings. The Balaban J connectivity index is 3.66. The van der Waals surface area contributed by atoms with E-state index in [2.05, 4.69) is 59.2 Å². The van der Waals surface area contributed by atoms with Gasteiger partial charge in [0.1, 0.15) is 0 Å². The third kappa shape index (κ3) is 13.8. The molecule has 0 heteroatoms. The van der Waals surface area contributed by atoms with E-state index in [-0.39, 0.29) is 0 Å². The van der Waals surface area contributed by atoms with Crippen molar-refractivity contribution in [1.29, 1.82) is 0 Å². The summed E-state index contributed by atoms with van der Waals surface area (Å²) >= 11 is 0. The number of hydrogen-bond acceptors (Lipinski definition) is 0. The standard InChI is InChI=1S/C18H18/c1-3-5-7-9-11-13-15-17-18-16-14-12-10-8-6-4-2/h3-4,9-10,15-16H2,1-2H3. The second-order valence-electron chi connectivity index (χ2n) is 3.18. The summed E-state index contributed by atoms with van der Waals surface area (Å²) in [6.07, 6.45) is 4.28. The highest BCUT2D eigenvalue weighted by atomic mass is 13.7. The van der Waals surface area contributed by atoms with Gasteiger partial charge in [0.25, 0.3) is 0 Å². The van der Waals surface area contributed by atoms with Crippen LogP contribution in [0.1, 0.15) is 52.4 Å². The molecule has 0 aliphatic carbocycles. The molecule has 0 aromatic rings. The molecule has 0 radical (unpaired) electrons. The highest BCUT2D eigenvalue weighted by Crippen LogP contribution is 1.79. The van der Waals surface area contributed by atoms with Crippen LogP contribution in [0.4, 0.5) is 0 Å². The predicted molar refractivity (Wildman–Crippen MR) is 77.9 cm³/mol. The molecular formula is C18H18. The van der Waals surface area contributed by atoms with Crippen LogP contribution in [0, 0.1) is 59.2 Å². The fraction of sp³-hybridized carbons (Fsp3) is 0.444. The molecular weight excluding hydrogens is 216 g/mol. The average Bonchev–Trinajstić information content (AvgIpc) is 2.39. The number of hydrogen-bond donors (Lipinski definition) is 0. The van der Waals surface area contributed by atoms with E-state index in [9.17, 15) is 0 Å². The van der Waals surface area contributed by atoms with Crippen molar-refractivity contribution >= 4 is 0 Å². The molecule has 90 valence electrons. The van der Waals surface area contributed by atoms with E-state index in [1.807, 2.05) is 13.8 Å². The van der Waals surface area contributed by atoms with E-state index in [0.29, 0.717) is 25.7 Å². The molecule has 0 spiro atoms. The summed E-state index contributed by atoms with van der Waals surface area (Å²) in [5.41, 5.74) is 0. The normalized spacial score (nSPS) is 6.56. The molecule has 0 heterocycles. The highest BCUT2D eigenvalue weighted by Gasteiger charge is 1.70. The van der Waals surface area contributed by atoms with E-state index in [1.54, 1.807) is 0 Å². The third-order valence-corrected chi connectivity index (χ3v) is 1.69. The Bertz CT molecular complexity index is 459. The van der Waals surface area contributed by atoms with Crippen LogP contribution in [0.2, 0.25) is 0 Å². The van der Waals surface area contributed by atoms with Crippen molar-refractivity contribution in [1.82, 2.24) is 0 Å². The zero-order valence-corrected chi connectivity index (χ0v) is 11.2. The van der Waals surface area contributed by atoms with E-state index in [4.69, 9.17) is 0 Å². The van der Waals surface area contributed by atoms with Gasteiger partial charge in [-0.15, -0.1) is 11.8 Å². The van der Waals surface area contributed by atoms with Crippen LogP contribution in [0.15, 0.2) is 0 Å². The first-order valence-corrected chi connectivity index (χ1v) is 6.20. The van der Waals surface area contributed by atoms with E-state index in [0.717, 1.165) is 12.8 Å². The van der Waals surface area contributed by atoms with Crippen molar-refractivity contribution in [3.63, 3.8) is 0 Å². The van der Waals surface area contributed by atoms with Crippen LogP contribution < -0.4 is 0 Å². The summed E-state index contributed by atoms with van der Waals surface area (Å²) in [4.78, 5) is 0. The molecule has 0 bridgehead atoms. The minimum absolute atomic E-state index is 0.602. The lowest BCUT2D eigenvalue weighted by atomic mass is 10.3. The summed E-state index contributed by atoms with van der Waals surface area (Å²) in [6, 6.07) is 0. The largest absolute Gasteiger partial charge is 0.103 e. The molecule has 0 atom stereocenters. The maximum Gasteiger partial charge on any atom is 0.0703 e. The van der Waals surface area contributed by atoms with Gasteiger partial charge in [-0.2, -0.15) is 0 Å². The van der Waals surface area contributed by atoms with Gasteiger partial charge in [0.2, 0.25) is 0 Å². The SMILES string of the molecule is CCC#CCC#CCC#CCC#CCC#CCC. The summed E-state index contributed by atoms with van der Waals surface area (Å²) in [7, 11) is 0. The van der Waals surface area contributed by atoms with Gasteiger partial charge in [-0.1, -0.05) is 61.2 Å². The predicted octanol–water partition coefficient (Wildman–Crippen LogP) is 3.38. The van der Waals surface area contributed by atoms with Crippen molar-refractivity contribution in [3.05, 3.63) is 0 Å². The van der Waals surface area contributed by atoms with Crippen LogP contribution in [0.5, 0.6) is 0 Å². The molecule has 0 rings (SSSR count). The molecule has 18 heavy (non-hydrogen) atoms. The summed E-state index contributed by atoms with van der Waals surface area (Å²) < 4.78 is 0. The first-order chi connectivity index (χ1) is 8.91. The van der Waals surface area contributed by atoms with Crippen molar-refractivity contribution in [2.24, 2.45) is 0 Å². The van der Waals surface area contributed by atoms with E-state index in [1.165, 1.54) is 0 Å². The fourth-order valence-electron chi connectivity index (χ4n) is 0.927. The van der Waals surface area contributed by atoms with Crippen LogP contribution >= 0.6 is 0 Å². The van der Waals surface area contributed by atoms with Crippen molar-refractivity contribution < 1.29 is 0 Å². The summed E-state index contributed by atoms with van der Waals surface area (Å²) in [6.45, 7) is 4.06. The molecule has 0 unspecified atom stereocenters. The molecule has 0 amide bonds. The molecule has 0 saturated carbocycles. The van der Waals surface area contributed by atoms with E-state index < -0.39 is 0 Å². The lowest BCUT2D eigenvalue weighted by Gasteiger charge is -1.74. The average molecular weight is 234 g/mol. The Labute approximate surface area is 112 Å². The number of rotatable bonds is 0. The topological polar surface area (TPSA) is 0 Å². The fourth-order valence-corrected chi connectivity index (χ4v) is 0.927. The van der Waals surface area contributed by atoms with Crippen molar-refractivity contribution in [2.45, 2.75) is 52.4 Å². The van der Waals surface area contributed by atoms with Gasteiger partial charge in [-0.3, -0.25) is 0 Å². The van der Waals surface area contributed by atoms with Gasteiger partial charge >= 0.3 is 0 Å². The van der Waals surface area contributed by atoms with Crippen LogP contribution in [0.3, 0.4) is 0 Å². The second-order valence-corrected chi connectivity index (χ2v) is 3.18. The zero-order valence-electron chi connectivity index (χ0n) is 11.2. The van der Waals surface area contributed by atoms with Gasteiger partial charge in [-0.05, 0) is 0 Å². The third-order valence-electron chi connectivity index (χ3n) is 1.69. The van der Waals surface area contributed by atoms with Crippen molar-refractivity contribution in [2.75, 3.05) is 0 Å². The van der Waals surface area contributed by atoms with Crippen molar-refractivity contribution in [3.8, 4) is 59.2 Å². The first kappa shape index (κ1) is 15.8. The van der Waals surface area contributed by atoms with E-state index >= 15 is 0 Å². The molecule has 0 aliphatic heterocycles. The van der Waals surface area contributed by atoms with Gasteiger partial charge in [-0.25, -0.2) is 0 Å². The second kappa shape index (κ2) is 14.8. The quantitative estimate of drug-likeness (QED) is 0.564. The smallest absolute Gasteiger partial charge is 0.0703 e. The molecule has 0 aromatic carbocycles. The minimum atomic E-state index is 0.602. The van der Waals surface area contributed by atoms with Crippen LogP contribution in [0.25, 0.3) is 0 Å². The maximum atomic E-state index is 2.97. The highest BCUT2D eigenvalue weighted by molar-refractivity contribution is 5.19. The minimum Gasteiger partial charge on any atom is -0.103 e. The Morgan fingerprint density at radius 1 is 0.389 bits per heavy atom. The first-order valence-electron chi connectivity index (χ1n) is 6.20. The molecule has 0 saturated heterocycles. The molecule has 0 aliphatic rings. The Morgan fingerprint density at radius 2 is 0.611 bits per heavy atom. The Morgan fingerprint density at radius 3 is 0.833 bits per heavy atom. The van der Waals surface area contributed by atoms with Crippen LogP contribution in [-0.4, -0.2) is 0 Å². The van der Waals surface area contributed by atoms with Gasteiger partial charge in [0, 0.05) is 12.8 Å². The molecule has 0 nitrogen and oxygen atoms in total. The lowest BCUT2D eigenvalue weighted by molar-refractivity contribution is 1.27. The summed E-state index contributed by atoms with van der Waals surface area (Å²) in [5, 5.41) is 0.